The van der Waals surface area contributed by atoms with Gasteiger partial charge in [-0.1, -0.05) is 26.0 Å². The Labute approximate surface area is 123 Å². The van der Waals surface area contributed by atoms with Crippen molar-refractivity contribution in [3.05, 3.63) is 29.8 Å². The van der Waals surface area contributed by atoms with Crippen LogP contribution in [0.2, 0.25) is 0 Å². The van der Waals surface area contributed by atoms with E-state index >= 15 is 0 Å². The fourth-order valence-electron chi connectivity index (χ4n) is 3.22. The molecule has 2 atom stereocenters. The maximum Gasteiger partial charge on any atom is 0.115 e. The van der Waals surface area contributed by atoms with Gasteiger partial charge in [0.25, 0.3) is 0 Å². The fraction of sp³-hybridized carbons (Fsp3) is 0.625. The monoisotopic (exact) mass is 283 g/mol. The molecule has 0 spiro atoms. The lowest BCUT2D eigenvalue weighted by Gasteiger charge is -2.27. The van der Waals surface area contributed by atoms with Crippen LogP contribution in [0, 0.1) is 5.92 Å². The smallest absolute Gasteiger partial charge is 0.115 e. The Morgan fingerprint density at radius 1 is 1.26 bits per heavy atom. The van der Waals surface area contributed by atoms with Crippen LogP contribution < -0.4 is 0 Å². The summed E-state index contributed by atoms with van der Waals surface area (Å²) in [6.45, 7) is 8.31. The summed E-state index contributed by atoms with van der Waals surface area (Å²) in [5.74, 6) is 1.59. The van der Waals surface area contributed by atoms with Crippen LogP contribution >= 0.6 is 12.4 Å². The highest BCUT2D eigenvalue weighted by atomic mass is 35.5. The summed E-state index contributed by atoms with van der Waals surface area (Å²) >= 11 is 0. The Hall–Kier alpha value is -0.730. The van der Waals surface area contributed by atoms with Gasteiger partial charge in [-0.3, -0.25) is 0 Å². The zero-order chi connectivity index (χ0) is 13.0. The number of phenolic OH excluding ortho intramolecular Hbond substituents is 1. The molecule has 0 aromatic heterocycles. The summed E-state index contributed by atoms with van der Waals surface area (Å²) in [6.07, 6.45) is 3.85. The highest BCUT2D eigenvalue weighted by Gasteiger charge is 2.22. The standard InChI is InChI=1S/C16H25NO.ClH/c1-3-16(14-7-6-8-15(18)11-14)13(2)12-17-9-4-5-10-17;/h6-8,11,13,16,18H,3-5,9-10,12H2,1-2H3;1H/t13-,16+;/m0./s1. The minimum atomic E-state index is 0. The molecule has 1 aliphatic heterocycles. The maximum absolute atomic E-state index is 9.61. The fourth-order valence-corrected chi connectivity index (χ4v) is 3.22. The normalized spacial score (nSPS) is 18.8. The van der Waals surface area contributed by atoms with Crippen molar-refractivity contribution in [2.45, 2.75) is 39.0 Å². The zero-order valence-electron chi connectivity index (χ0n) is 12.0. The molecular weight excluding hydrogens is 258 g/mol. The number of aromatic hydroxyl groups is 1. The van der Waals surface area contributed by atoms with E-state index in [9.17, 15) is 5.11 Å². The third-order valence-electron chi connectivity index (χ3n) is 4.17. The van der Waals surface area contributed by atoms with Gasteiger partial charge in [-0.05, 0) is 61.9 Å². The van der Waals surface area contributed by atoms with E-state index < -0.39 is 0 Å². The minimum absolute atomic E-state index is 0. The third kappa shape index (κ3) is 4.39. The van der Waals surface area contributed by atoms with Gasteiger partial charge in [0.05, 0.1) is 0 Å². The van der Waals surface area contributed by atoms with Crippen LogP contribution in [0.25, 0.3) is 0 Å². The highest BCUT2D eigenvalue weighted by molar-refractivity contribution is 5.85. The summed E-state index contributed by atoms with van der Waals surface area (Å²) < 4.78 is 0. The molecule has 0 amide bonds. The van der Waals surface area contributed by atoms with Crippen LogP contribution in [0.4, 0.5) is 0 Å². The van der Waals surface area contributed by atoms with Crippen LogP contribution in [0.15, 0.2) is 24.3 Å². The number of nitrogens with zero attached hydrogens (tertiary/aromatic N) is 1. The number of hydrogen-bond donors (Lipinski definition) is 1. The minimum Gasteiger partial charge on any atom is -0.508 e. The first kappa shape index (κ1) is 16.3. The second-order valence-corrected chi connectivity index (χ2v) is 5.59. The van der Waals surface area contributed by atoms with Gasteiger partial charge in [-0.2, -0.15) is 0 Å². The van der Waals surface area contributed by atoms with E-state index in [1.54, 1.807) is 6.07 Å². The molecule has 2 nitrogen and oxygen atoms in total. The lowest BCUT2D eigenvalue weighted by Crippen LogP contribution is -2.28. The van der Waals surface area contributed by atoms with Crippen LogP contribution in [0.5, 0.6) is 5.75 Å². The van der Waals surface area contributed by atoms with Crippen LogP contribution in [-0.2, 0) is 0 Å². The number of halogens is 1. The van der Waals surface area contributed by atoms with E-state index in [1.807, 2.05) is 12.1 Å². The summed E-state index contributed by atoms with van der Waals surface area (Å²) in [6, 6.07) is 7.78. The SMILES string of the molecule is CC[C@@H](c1cccc(O)c1)[C@@H](C)CN1CCCC1.Cl. The van der Waals surface area contributed by atoms with Crippen LogP contribution in [0.1, 0.15) is 44.6 Å². The van der Waals surface area contributed by atoms with Gasteiger partial charge < -0.3 is 10.0 Å². The number of benzene rings is 1. The number of phenols is 1. The van der Waals surface area contributed by atoms with E-state index in [1.165, 1.54) is 38.0 Å². The molecule has 0 aliphatic carbocycles. The third-order valence-corrected chi connectivity index (χ3v) is 4.17. The first-order valence-corrected chi connectivity index (χ1v) is 7.22. The van der Waals surface area contributed by atoms with Crippen molar-refractivity contribution >= 4 is 12.4 Å². The Morgan fingerprint density at radius 2 is 1.95 bits per heavy atom. The summed E-state index contributed by atoms with van der Waals surface area (Å²) in [5.41, 5.74) is 1.28. The molecule has 3 heteroatoms. The number of rotatable bonds is 5. The molecule has 2 rings (SSSR count). The summed E-state index contributed by atoms with van der Waals surface area (Å²) in [5, 5.41) is 9.61. The molecule has 0 radical (unpaired) electrons. The summed E-state index contributed by atoms with van der Waals surface area (Å²) in [7, 11) is 0. The zero-order valence-corrected chi connectivity index (χ0v) is 12.8. The van der Waals surface area contributed by atoms with Crippen molar-refractivity contribution in [2.24, 2.45) is 5.92 Å². The molecule has 108 valence electrons. The molecule has 19 heavy (non-hydrogen) atoms. The van der Waals surface area contributed by atoms with Crippen molar-refractivity contribution in [1.29, 1.82) is 0 Å². The quantitative estimate of drug-likeness (QED) is 0.882. The Morgan fingerprint density at radius 3 is 2.53 bits per heavy atom. The molecule has 1 saturated heterocycles. The molecule has 1 aromatic rings. The molecule has 1 N–H and O–H groups in total. The average molecular weight is 284 g/mol. The van der Waals surface area contributed by atoms with E-state index in [2.05, 4.69) is 24.8 Å². The molecule has 0 saturated carbocycles. The number of hydrogen-bond acceptors (Lipinski definition) is 2. The predicted molar refractivity (Wildman–Crippen MR) is 83.2 cm³/mol. The van der Waals surface area contributed by atoms with Crippen molar-refractivity contribution in [2.75, 3.05) is 19.6 Å². The van der Waals surface area contributed by atoms with Gasteiger partial charge in [0, 0.05) is 6.54 Å². The molecule has 1 aliphatic rings. The number of likely N-dealkylation sites (tertiary alicyclic amines) is 1. The lowest BCUT2D eigenvalue weighted by atomic mass is 9.85. The second-order valence-electron chi connectivity index (χ2n) is 5.59. The van der Waals surface area contributed by atoms with Crippen LogP contribution in [-0.4, -0.2) is 29.6 Å². The predicted octanol–water partition coefficient (Wildman–Crippen LogP) is 4.04. The van der Waals surface area contributed by atoms with E-state index in [0.29, 0.717) is 17.6 Å². The molecule has 1 aromatic carbocycles. The van der Waals surface area contributed by atoms with Crippen molar-refractivity contribution < 1.29 is 5.11 Å². The second kappa shape index (κ2) is 7.76. The van der Waals surface area contributed by atoms with Gasteiger partial charge in [0.15, 0.2) is 0 Å². The Bertz CT molecular complexity index is 377. The van der Waals surface area contributed by atoms with Gasteiger partial charge >= 0.3 is 0 Å². The van der Waals surface area contributed by atoms with E-state index in [-0.39, 0.29) is 12.4 Å². The van der Waals surface area contributed by atoms with Crippen LogP contribution in [0.3, 0.4) is 0 Å². The van der Waals surface area contributed by atoms with E-state index in [4.69, 9.17) is 0 Å². The Balaban J connectivity index is 0.00000180. The first-order chi connectivity index (χ1) is 8.70. The topological polar surface area (TPSA) is 23.5 Å². The van der Waals surface area contributed by atoms with Crippen molar-refractivity contribution in [3.8, 4) is 5.75 Å². The molecule has 0 bridgehead atoms. The van der Waals surface area contributed by atoms with Gasteiger partial charge in [0.1, 0.15) is 5.75 Å². The van der Waals surface area contributed by atoms with Crippen molar-refractivity contribution in [3.63, 3.8) is 0 Å². The largest absolute Gasteiger partial charge is 0.508 e. The lowest BCUT2D eigenvalue weighted by molar-refractivity contribution is 0.261. The maximum atomic E-state index is 9.61. The molecule has 1 heterocycles. The van der Waals surface area contributed by atoms with Crippen molar-refractivity contribution in [1.82, 2.24) is 4.90 Å². The van der Waals surface area contributed by atoms with Gasteiger partial charge in [-0.15, -0.1) is 12.4 Å². The van der Waals surface area contributed by atoms with Gasteiger partial charge in [0.2, 0.25) is 0 Å². The Kier molecular flexibility index (Phi) is 6.67. The first-order valence-electron chi connectivity index (χ1n) is 7.22. The van der Waals surface area contributed by atoms with Gasteiger partial charge in [-0.25, -0.2) is 0 Å². The van der Waals surface area contributed by atoms with E-state index in [0.717, 1.165) is 6.42 Å². The summed E-state index contributed by atoms with van der Waals surface area (Å²) in [4.78, 5) is 2.58. The molecule has 0 unspecified atom stereocenters. The molecular formula is C16H26ClNO. The highest BCUT2D eigenvalue weighted by Crippen LogP contribution is 2.31. The molecule has 1 fully saturated rings. The average Bonchev–Trinajstić information content (AvgIpc) is 2.83.